The van der Waals surface area contributed by atoms with Crippen molar-refractivity contribution < 1.29 is 0 Å². The largest absolute Gasteiger partial charge is 0.323 e. The maximum atomic E-state index is 6.30. The molecular weight excluding hydrogens is 246 g/mol. The second-order valence-corrected chi connectivity index (χ2v) is 5.84. The van der Waals surface area contributed by atoms with Crippen LogP contribution in [-0.4, -0.2) is 9.55 Å². The van der Waals surface area contributed by atoms with E-state index in [4.69, 9.17) is 5.73 Å². The Morgan fingerprint density at radius 1 is 1.20 bits per heavy atom. The molecule has 1 aromatic carbocycles. The fourth-order valence-electron chi connectivity index (χ4n) is 2.54. The van der Waals surface area contributed by atoms with Crippen LogP contribution in [0.5, 0.6) is 0 Å². The Morgan fingerprint density at radius 2 is 1.90 bits per heavy atom. The highest BCUT2D eigenvalue weighted by molar-refractivity contribution is 5.37. The van der Waals surface area contributed by atoms with Crippen LogP contribution in [0, 0.1) is 5.92 Å². The minimum absolute atomic E-state index is 0.0350. The van der Waals surface area contributed by atoms with Crippen molar-refractivity contribution >= 4 is 0 Å². The first-order valence-electron chi connectivity index (χ1n) is 7.49. The number of nitrogens with two attached hydrogens (primary N) is 1. The normalized spacial score (nSPS) is 12.8. The smallest absolute Gasteiger partial charge is 0.0994 e. The topological polar surface area (TPSA) is 43.8 Å². The Hall–Kier alpha value is -1.61. The van der Waals surface area contributed by atoms with Crippen molar-refractivity contribution in [2.45, 2.75) is 46.1 Å². The lowest BCUT2D eigenvalue weighted by atomic mass is 10.0. The van der Waals surface area contributed by atoms with Gasteiger partial charge in [-0.15, -0.1) is 0 Å². The fraction of sp³-hybridized carbons (Fsp3) is 0.471. The van der Waals surface area contributed by atoms with E-state index in [1.165, 1.54) is 12.0 Å². The highest BCUT2D eigenvalue weighted by Crippen LogP contribution is 2.22. The van der Waals surface area contributed by atoms with Crippen LogP contribution in [0.25, 0.3) is 5.69 Å². The maximum absolute atomic E-state index is 6.30. The molecule has 20 heavy (non-hydrogen) atoms. The summed E-state index contributed by atoms with van der Waals surface area (Å²) in [6.07, 6.45) is 7.01. The minimum Gasteiger partial charge on any atom is -0.323 e. The van der Waals surface area contributed by atoms with Crippen LogP contribution in [0.2, 0.25) is 0 Å². The zero-order valence-corrected chi connectivity index (χ0v) is 12.7. The molecule has 1 unspecified atom stereocenters. The molecule has 0 aliphatic heterocycles. The van der Waals surface area contributed by atoms with Gasteiger partial charge < -0.3 is 10.3 Å². The zero-order chi connectivity index (χ0) is 14.5. The van der Waals surface area contributed by atoms with Crippen LogP contribution in [0.4, 0.5) is 0 Å². The fourth-order valence-corrected chi connectivity index (χ4v) is 2.54. The lowest BCUT2D eigenvalue weighted by Crippen LogP contribution is -2.16. The molecule has 0 amide bonds. The number of nitrogens with zero attached hydrogens (tertiary/aromatic N) is 2. The van der Waals surface area contributed by atoms with Crippen molar-refractivity contribution in [3.63, 3.8) is 0 Å². The summed E-state index contributed by atoms with van der Waals surface area (Å²) in [6, 6.07) is 8.72. The van der Waals surface area contributed by atoms with E-state index in [2.05, 4.69) is 54.6 Å². The molecule has 0 saturated heterocycles. The van der Waals surface area contributed by atoms with E-state index >= 15 is 0 Å². The first-order valence-corrected chi connectivity index (χ1v) is 7.49. The van der Waals surface area contributed by atoms with E-state index in [1.54, 1.807) is 0 Å². The van der Waals surface area contributed by atoms with Crippen LogP contribution in [0.15, 0.2) is 36.8 Å². The Bertz CT molecular complexity index is 525. The van der Waals surface area contributed by atoms with Gasteiger partial charge in [-0.25, -0.2) is 4.98 Å². The Labute approximate surface area is 121 Å². The summed E-state index contributed by atoms with van der Waals surface area (Å²) in [5.74, 6) is 0.584. The number of aryl methyl sites for hydroxylation is 1. The summed E-state index contributed by atoms with van der Waals surface area (Å²) in [7, 11) is 0. The first kappa shape index (κ1) is 14.8. The highest BCUT2D eigenvalue weighted by Gasteiger charge is 2.14. The van der Waals surface area contributed by atoms with E-state index in [0.717, 1.165) is 24.2 Å². The van der Waals surface area contributed by atoms with E-state index < -0.39 is 0 Å². The maximum Gasteiger partial charge on any atom is 0.0994 e. The summed E-state index contributed by atoms with van der Waals surface area (Å²) in [5.41, 5.74) is 9.90. The van der Waals surface area contributed by atoms with Crippen LogP contribution in [0.3, 0.4) is 0 Å². The van der Waals surface area contributed by atoms with Gasteiger partial charge in [-0.2, -0.15) is 0 Å². The number of hydrogen-bond acceptors (Lipinski definition) is 2. The average molecular weight is 271 g/mol. The average Bonchev–Trinajstić information content (AvgIpc) is 2.88. The first-order chi connectivity index (χ1) is 9.61. The quantitative estimate of drug-likeness (QED) is 0.866. The monoisotopic (exact) mass is 271 g/mol. The van der Waals surface area contributed by atoms with Gasteiger partial charge in [-0.05, 0) is 36.5 Å². The molecule has 1 aromatic heterocycles. The van der Waals surface area contributed by atoms with Gasteiger partial charge in [0.05, 0.1) is 18.2 Å². The van der Waals surface area contributed by atoms with Gasteiger partial charge in [-0.1, -0.05) is 39.3 Å². The van der Waals surface area contributed by atoms with Gasteiger partial charge in [0.1, 0.15) is 0 Å². The molecule has 0 saturated carbocycles. The molecule has 1 heterocycles. The van der Waals surface area contributed by atoms with Crippen molar-refractivity contribution in [3.05, 3.63) is 48.0 Å². The summed E-state index contributed by atoms with van der Waals surface area (Å²) in [4.78, 5) is 4.27. The minimum atomic E-state index is 0.0350. The van der Waals surface area contributed by atoms with Gasteiger partial charge in [-0.3, -0.25) is 0 Å². The Kier molecular flexibility index (Phi) is 4.96. The molecule has 2 rings (SSSR count). The highest BCUT2D eigenvalue weighted by atomic mass is 15.1. The molecule has 0 radical (unpaired) electrons. The predicted molar refractivity (Wildman–Crippen MR) is 83.9 cm³/mol. The number of imidazole rings is 1. The van der Waals surface area contributed by atoms with Crippen molar-refractivity contribution in [1.82, 2.24) is 9.55 Å². The van der Waals surface area contributed by atoms with Crippen molar-refractivity contribution in [2.24, 2.45) is 11.7 Å². The van der Waals surface area contributed by atoms with Gasteiger partial charge >= 0.3 is 0 Å². The molecule has 0 spiro atoms. The number of benzene rings is 1. The lowest BCUT2D eigenvalue weighted by Gasteiger charge is -2.16. The third kappa shape index (κ3) is 3.48. The van der Waals surface area contributed by atoms with E-state index in [0.29, 0.717) is 5.92 Å². The van der Waals surface area contributed by atoms with E-state index in [9.17, 15) is 0 Å². The van der Waals surface area contributed by atoms with E-state index in [1.807, 2.05) is 12.5 Å². The summed E-state index contributed by atoms with van der Waals surface area (Å²) < 4.78 is 2.10. The summed E-state index contributed by atoms with van der Waals surface area (Å²) >= 11 is 0. The number of aromatic nitrogens is 2. The van der Waals surface area contributed by atoms with Crippen molar-refractivity contribution in [2.75, 3.05) is 0 Å². The lowest BCUT2D eigenvalue weighted by molar-refractivity contribution is 0.498. The second-order valence-electron chi connectivity index (χ2n) is 5.84. The molecule has 108 valence electrons. The van der Waals surface area contributed by atoms with Gasteiger partial charge in [0.25, 0.3) is 0 Å². The molecule has 0 aliphatic carbocycles. The molecule has 1 atom stereocenters. The number of hydrogen-bond donors (Lipinski definition) is 1. The van der Waals surface area contributed by atoms with Crippen LogP contribution in [0.1, 0.15) is 50.9 Å². The summed E-state index contributed by atoms with van der Waals surface area (Å²) in [5, 5.41) is 0. The molecule has 0 bridgehead atoms. The third-order valence-electron chi connectivity index (χ3n) is 3.53. The van der Waals surface area contributed by atoms with Gasteiger partial charge in [0.15, 0.2) is 0 Å². The van der Waals surface area contributed by atoms with Gasteiger partial charge in [0.2, 0.25) is 0 Å². The summed E-state index contributed by atoms with van der Waals surface area (Å²) in [6.45, 7) is 6.59. The van der Waals surface area contributed by atoms with Crippen LogP contribution < -0.4 is 5.73 Å². The van der Waals surface area contributed by atoms with Gasteiger partial charge in [0, 0.05) is 11.7 Å². The Balaban J connectivity index is 2.22. The molecule has 3 nitrogen and oxygen atoms in total. The second kappa shape index (κ2) is 6.71. The molecule has 2 N–H and O–H groups in total. The zero-order valence-electron chi connectivity index (χ0n) is 12.7. The van der Waals surface area contributed by atoms with Crippen molar-refractivity contribution in [3.8, 4) is 5.69 Å². The van der Waals surface area contributed by atoms with E-state index in [-0.39, 0.29) is 6.04 Å². The molecule has 3 heteroatoms. The predicted octanol–water partition coefficient (Wildman–Crippen LogP) is 3.87. The van der Waals surface area contributed by atoms with Crippen LogP contribution >= 0.6 is 0 Å². The number of rotatable bonds is 6. The molecular formula is C17H25N3. The third-order valence-corrected chi connectivity index (χ3v) is 3.53. The molecule has 2 aromatic rings. The van der Waals surface area contributed by atoms with Crippen molar-refractivity contribution in [1.29, 1.82) is 0 Å². The Morgan fingerprint density at radius 3 is 2.50 bits per heavy atom. The standard InChI is InChI=1S/C17H25N3/c1-4-5-14-6-8-15(9-7-14)20-12-19-11-17(20)16(18)10-13(2)3/h6-9,11-13,16H,4-5,10,18H2,1-3H3. The molecule has 0 fully saturated rings. The molecule has 0 aliphatic rings. The SMILES string of the molecule is CCCc1ccc(-n2cncc2C(N)CC(C)C)cc1. The van der Waals surface area contributed by atoms with Crippen LogP contribution in [-0.2, 0) is 6.42 Å².